The van der Waals surface area contributed by atoms with Gasteiger partial charge in [-0.1, -0.05) is 0 Å². The topological polar surface area (TPSA) is 72.6 Å². The third kappa shape index (κ3) is 4.91. The average Bonchev–Trinajstić information content (AvgIpc) is 2.15. The number of nitrogens with zero attached hydrogens (tertiary/aromatic N) is 1. The third-order valence-corrected chi connectivity index (χ3v) is 4.45. The van der Waals surface area contributed by atoms with Crippen LogP contribution in [0.2, 0.25) is 0 Å². The van der Waals surface area contributed by atoms with Crippen molar-refractivity contribution in [2.45, 2.75) is 31.7 Å². The van der Waals surface area contributed by atoms with Crippen molar-refractivity contribution < 1.29 is 13.2 Å². The van der Waals surface area contributed by atoms with E-state index in [4.69, 9.17) is 10.5 Å². The molecule has 0 bridgehead atoms. The number of methoxy groups -OCH3 is 1. The van der Waals surface area contributed by atoms with E-state index in [1.165, 1.54) is 6.26 Å². The lowest BCUT2D eigenvalue weighted by Crippen LogP contribution is -2.47. The van der Waals surface area contributed by atoms with E-state index in [-0.39, 0.29) is 5.54 Å². The second kappa shape index (κ2) is 5.65. The average molecular weight is 264 g/mol. The van der Waals surface area contributed by atoms with Crippen LogP contribution >= 0.6 is 0 Å². The van der Waals surface area contributed by atoms with Crippen molar-refractivity contribution in [2.75, 3.05) is 33.1 Å². The lowest BCUT2D eigenvalue weighted by atomic mass is 9.86. The molecule has 1 saturated heterocycles. The summed E-state index contributed by atoms with van der Waals surface area (Å²) < 4.78 is 29.6. The van der Waals surface area contributed by atoms with E-state index in [0.29, 0.717) is 25.6 Å². The van der Waals surface area contributed by atoms with Crippen LogP contribution < -0.4 is 5.73 Å². The predicted octanol–water partition coefficient (Wildman–Crippen LogP) is 0.412. The molecule has 1 aliphatic heterocycles. The number of ether oxygens (including phenoxy) is 1. The Morgan fingerprint density at radius 2 is 2.18 bits per heavy atom. The molecule has 0 spiro atoms. The van der Waals surface area contributed by atoms with Gasteiger partial charge in [-0.25, -0.2) is 12.7 Å². The van der Waals surface area contributed by atoms with Crippen LogP contribution in [0.3, 0.4) is 0 Å². The van der Waals surface area contributed by atoms with Crippen LogP contribution in [-0.4, -0.2) is 51.3 Å². The molecule has 0 radical (unpaired) electrons. The Balaban J connectivity index is 2.56. The lowest BCUT2D eigenvalue weighted by molar-refractivity contribution is 0.114. The fourth-order valence-corrected chi connectivity index (χ4v) is 3.49. The maximum absolute atomic E-state index is 11.5. The first kappa shape index (κ1) is 14.9. The van der Waals surface area contributed by atoms with E-state index < -0.39 is 10.0 Å². The largest absolute Gasteiger partial charge is 0.383 e. The molecule has 0 aliphatic carbocycles. The molecule has 17 heavy (non-hydrogen) atoms. The van der Waals surface area contributed by atoms with E-state index in [1.54, 1.807) is 11.4 Å². The SMILES string of the molecule is COCC(C)(N)CC1CCCN(S(C)(=O)=O)C1. The Morgan fingerprint density at radius 1 is 1.53 bits per heavy atom. The Labute approximate surface area is 104 Å². The minimum Gasteiger partial charge on any atom is -0.383 e. The molecule has 0 amide bonds. The molecule has 102 valence electrons. The fourth-order valence-electron chi connectivity index (χ4n) is 2.54. The van der Waals surface area contributed by atoms with Crippen LogP contribution in [0.4, 0.5) is 0 Å². The Bertz CT molecular complexity index is 341. The second-order valence-corrected chi connectivity index (χ2v) is 7.40. The quantitative estimate of drug-likeness (QED) is 0.780. The van der Waals surface area contributed by atoms with Crippen LogP contribution in [-0.2, 0) is 14.8 Å². The Hall–Kier alpha value is -0.170. The highest BCUT2D eigenvalue weighted by molar-refractivity contribution is 7.88. The molecule has 0 aromatic rings. The molecule has 1 fully saturated rings. The van der Waals surface area contributed by atoms with Crippen molar-refractivity contribution >= 4 is 10.0 Å². The van der Waals surface area contributed by atoms with Gasteiger partial charge in [0.2, 0.25) is 10.0 Å². The zero-order valence-electron chi connectivity index (χ0n) is 11.0. The Morgan fingerprint density at radius 3 is 2.71 bits per heavy atom. The smallest absolute Gasteiger partial charge is 0.211 e. The van der Waals surface area contributed by atoms with E-state index in [2.05, 4.69) is 0 Å². The molecule has 0 saturated carbocycles. The molecule has 2 N–H and O–H groups in total. The van der Waals surface area contributed by atoms with E-state index in [9.17, 15) is 8.42 Å². The summed E-state index contributed by atoms with van der Waals surface area (Å²) in [5, 5.41) is 0. The second-order valence-electron chi connectivity index (χ2n) is 5.42. The van der Waals surface area contributed by atoms with Crippen LogP contribution in [0.25, 0.3) is 0 Å². The van der Waals surface area contributed by atoms with Gasteiger partial charge in [-0.15, -0.1) is 0 Å². The van der Waals surface area contributed by atoms with Crippen LogP contribution in [0.5, 0.6) is 0 Å². The van der Waals surface area contributed by atoms with Crippen LogP contribution in [0.1, 0.15) is 26.2 Å². The van der Waals surface area contributed by atoms with Gasteiger partial charge in [-0.05, 0) is 32.1 Å². The highest BCUT2D eigenvalue weighted by Crippen LogP contribution is 2.25. The summed E-state index contributed by atoms with van der Waals surface area (Å²) in [4.78, 5) is 0. The highest BCUT2D eigenvalue weighted by Gasteiger charge is 2.30. The molecule has 1 aliphatic rings. The monoisotopic (exact) mass is 264 g/mol. The molecule has 1 heterocycles. The summed E-state index contributed by atoms with van der Waals surface area (Å²) >= 11 is 0. The van der Waals surface area contributed by atoms with Gasteiger partial charge in [-0.2, -0.15) is 0 Å². The van der Waals surface area contributed by atoms with Gasteiger partial charge >= 0.3 is 0 Å². The maximum Gasteiger partial charge on any atom is 0.211 e. The van der Waals surface area contributed by atoms with Crippen molar-refractivity contribution in [2.24, 2.45) is 11.7 Å². The standard InChI is InChI=1S/C11H24N2O3S/c1-11(12,9-16-2)7-10-5-4-6-13(8-10)17(3,14)15/h10H,4-9,12H2,1-3H3. The van der Waals surface area contributed by atoms with Crippen LogP contribution in [0.15, 0.2) is 0 Å². The van der Waals surface area contributed by atoms with Crippen LogP contribution in [0, 0.1) is 5.92 Å². The molecule has 2 atom stereocenters. The summed E-state index contributed by atoms with van der Waals surface area (Å²) in [6, 6.07) is 0. The molecular weight excluding hydrogens is 240 g/mol. The maximum atomic E-state index is 11.5. The van der Waals surface area contributed by atoms with Gasteiger partial charge in [0, 0.05) is 25.7 Å². The van der Waals surface area contributed by atoms with E-state index >= 15 is 0 Å². The molecule has 5 nitrogen and oxygen atoms in total. The number of sulfonamides is 1. The summed E-state index contributed by atoms with van der Waals surface area (Å²) in [6.45, 7) is 3.69. The molecule has 2 unspecified atom stereocenters. The lowest BCUT2D eigenvalue weighted by Gasteiger charge is -2.35. The molecule has 6 heteroatoms. The van der Waals surface area contributed by atoms with Gasteiger partial charge in [0.1, 0.15) is 0 Å². The van der Waals surface area contributed by atoms with Gasteiger partial charge < -0.3 is 10.5 Å². The molecule has 0 aromatic carbocycles. The minimum absolute atomic E-state index is 0.337. The van der Waals surface area contributed by atoms with Gasteiger partial charge in [0.25, 0.3) is 0 Å². The zero-order valence-corrected chi connectivity index (χ0v) is 11.8. The molecule has 1 rings (SSSR count). The summed E-state index contributed by atoms with van der Waals surface area (Å²) in [5.74, 6) is 0.337. The highest BCUT2D eigenvalue weighted by atomic mass is 32.2. The van der Waals surface area contributed by atoms with Gasteiger partial charge in [0.15, 0.2) is 0 Å². The van der Waals surface area contributed by atoms with Crippen molar-refractivity contribution in [3.63, 3.8) is 0 Å². The van der Waals surface area contributed by atoms with Crippen molar-refractivity contribution in [3.8, 4) is 0 Å². The Kier molecular flexibility index (Phi) is 4.95. The number of hydrogen-bond acceptors (Lipinski definition) is 4. The van der Waals surface area contributed by atoms with E-state index in [0.717, 1.165) is 19.3 Å². The minimum atomic E-state index is -3.07. The molecule has 0 aromatic heterocycles. The van der Waals surface area contributed by atoms with Gasteiger partial charge in [-0.3, -0.25) is 0 Å². The zero-order chi connectivity index (χ0) is 13.1. The first-order valence-corrected chi connectivity index (χ1v) is 7.82. The summed E-state index contributed by atoms with van der Waals surface area (Å²) in [5.41, 5.74) is 5.74. The number of hydrogen-bond donors (Lipinski definition) is 1. The first-order chi connectivity index (χ1) is 7.74. The number of rotatable bonds is 5. The normalized spacial score (nSPS) is 26.7. The van der Waals surface area contributed by atoms with E-state index in [1.807, 2.05) is 6.92 Å². The summed E-state index contributed by atoms with van der Waals surface area (Å²) in [6.07, 6.45) is 4.03. The number of nitrogens with two attached hydrogens (primary N) is 1. The summed E-state index contributed by atoms with van der Waals surface area (Å²) in [7, 11) is -1.43. The predicted molar refractivity (Wildman–Crippen MR) is 68.2 cm³/mol. The van der Waals surface area contributed by atoms with Gasteiger partial charge in [0.05, 0.1) is 12.9 Å². The van der Waals surface area contributed by atoms with Crippen molar-refractivity contribution in [1.82, 2.24) is 4.31 Å². The van der Waals surface area contributed by atoms with Crippen molar-refractivity contribution in [3.05, 3.63) is 0 Å². The molecular formula is C11H24N2O3S. The fraction of sp³-hybridized carbons (Fsp3) is 1.00. The third-order valence-electron chi connectivity index (χ3n) is 3.18. The van der Waals surface area contributed by atoms with Crippen molar-refractivity contribution in [1.29, 1.82) is 0 Å². The first-order valence-electron chi connectivity index (χ1n) is 5.97. The number of piperidine rings is 1.